The number of carbonyl (C=O) groups is 1. The minimum Gasteiger partial charge on any atom is -0.339 e. The van der Waals surface area contributed by atoms with Gasteiger partial charge in [-0.2, -0.15) is 0 Å². The van der Waals surface area contributed by atoms with Gasteiger partial charge in [0.05, 0.1) is 17.9 Å². The average Bonchev–Trinajstić information content (AvgIpc) is 2.70. The Bertz CT molecular complexity index is 595. The van der Waals surface area contributed by atoms with Crippen LogP contribution in [0.15, 0.2) is 24.3 Å². The van der Waals surface area contributed by atoms with Gasteiger partial charge in [-0.15, -0.1) is 0 Å². The van der Waals surface area contributed by atoms with Crippen molar-refractivity contribution in [1.29, 1.82) is 0 Å². The lowest BCUT2D eigenvalue weighted by Gasteiger charge is -2.27. The molecule has 110 valence electrons. The molecule has 0 spiro atoms. The molecule has 1 aromatic rings. The molecule has 4 nitrogen and oxygen atoms in total. The minimum absolute atomic E-state index is 0.0141. The Balaban J connectivity index is 2.06. The lowest BCUT2D eigenvalue weighted by Crippen LogP contribution is -2.41. The number of aryl methyl sites for hydroxylation is 1. The first-order chi connectivity index (χ1) is 9.41. The lowest BCUT2D eigenvalue weighted by atomic mass is 10.1. The highest BCUT2D eigenvalue weighted by Crippen LogP contribution is 2.19. The predicted molar refractivity (Wildman–Crippen MR) is 79.3 cm³/mol. The Hall–Kier alpha value is -1.36. The zero-order chi connectivity index (χ0) is 14.8. The highest BCUT2D eigenvalue weighted by atomic mass is 32.2. The Kier molecular flexibility index (Phi) is 4.48. The summed E-state index contributed by atoms with van der Waals surface area (Å²) >= 11 is 0. The van der Waals surface area contributed by atoms with E-state index in [1.165, 1.54) is 0 Å². The largest absolute Gasteiger partial charge is 0.339 e. The van der Waals surface area contributed by atoms with E-state index in [1.54, 1.807) is 4.90 Å². The van der Waals surface area contributed by atoms with E-state index in [-0.39, 0.29) is 23.5 Å². The van der Waals surface area contributed by atoms with E-state index in [9.17, 15) is 13.2 Å². The first-order valence-corrected chi connectivity index (χ1v) is 8.79. The van der Waals surface area contributed by atoms with Crippen LogP contribution in [0.3, 0.4) is 0 Å². The second-order valence-electron chi connectivity index (χ2n) is 5.40. The van der Waals surface area contributed by atoms with E-state index < -0.39 is 9.84 Å². The smallest absolute Gasteiger partial charge is 0.227 e. The van der Waals surface area contributed by atoms with Crippen LogP contribution in [0, 0.1) is 6.92 Å². The number of likely N-dealkylation sites (N-methyl/N-ethyl adjacent to an activating group) is 1. The molecule has 1 amide bonds. The summed E-state index contributed by atoms with van der Waals surface area (Å²) in [5, 5.41) is 0. The zero-order valence-corrected chi connectivity index (χ0v) is 12.8. The summed E-state index contributed by atoms with van der Waals surface area (Å²) in [5.74, 6) is 0.326. The molecule has 1 saturated heterocycles. The molecule has 1 atom stereocenters. The maximum absolute atomic E-state index is 12.4. The number of amides is 1. The monoisotopic (exact) mass is 295 g/mol. The summed E-state index contributed by atoms with van der Waals surface area (Å²) in [7, 11) is -2.96. The van der Waals surface area contributed by atoms with Crippen molar-refractivity contribution in [1.82, 2.24) is 4.90 Å². The van der Waals surface area contributed by atoms with Crippen LogP contribution in [0.2, 0.25) is 0 Å². The molecular weight excluding hydrogens is 274 g/mol. The average molecular weight is 295 g/mol. The van der Waals surface area contributed by atoms with Gasteiger partial charge in [0, 0.05) is 12.6 Å². The Morgan fingerprint density at radius 3 is 2.70 bits per heavy atom. The highest BCUT2D eigenvalue weighted by Gasteiger charge is 2.33. The number of hydrogen-bond donors (Lipinski definition) is 0. The second-order valence-corrected chi connectivity index (χ2v) is 7.63. The fourth-order valence-corrected chi connectivity index (χ4v) is 4.49. The first kappa shape index (κ1) is 15.0. The van der Waals surface area contributed by atoms with Crippen molar-refractivity contribution < 1.29 is 13.2 Å². The van der Waals surface area contributed by atoms with Crippen LogP contribution in [0.4, 0.5) is 0 Å². The van der Waals surface area contributed by atoms with Crippen molar-refractivity contribution in [3.8, 4) is 0 Å². The van der Waals surface area contributed by atoms with E-state index in [4.69, 9.17) is 0 Å². The van der Waals surface area contributed by atoms with Crippen LogP contribution in [0.1, 0.15) is 24.5 Å². The molecule has 5 heteroatoms. The van der Waals surface area contributed by atoms with Gasteiger partial charge >= 0.3 is 0 Å². The summed E-state index contributed by atoms with van der Waals surface area (Å²) in [4.78, 5) is 14.1. The predicted octanol–water partition coefficient (Wildman–Crippen LogP) is 1.57. The molecule has 0 aromatic heterocycles. The standard InChI is InChI=1S/C15H21NO3S/c1-3-16(14-7-8-20(18,19)11-14)15(17)10-13-6-4-5-12(2)9-13/h4-6,9,14H,3,7-8,10-11H2,1-2H3. The molecule has 0 N–H and O–H groups in total. The molecule has 20 heavy (non-hydrogen) atoms. The summed E-state index contributed by atoms with van der Waals surface area (Å²) < 4.78 is 23.1. The van der Waals surface area contributed by atoms with Gasteiger partial charge in [0.2, 0.25) is 5.91 Å². The van der Waals surface area contributed by atoms with Crippen LogP contribution >= 0.6 is 0 Å². The van der Waals surface area contributed by atoms with Crippen molar-refractivity contribution in [2.24, 2.45) is 0 Å². The maximum atomic E-state index is 12.4. The van der Waals surface area contributed by atoms with Crippen molar-refractivity contribution in [2.75, 3.05) is 18.1 Å². The van der Waals surface area contributed by atoms with Crippen LogP contribution in [0.5, 0.6) is 0 Å². The normalized spacial score (nSPS) is 20.8. The maximum Gasteiger partial charge on any atom is 0.227 e. The fraction of sp³-hybridized carbons (Fsp3) is 0.533. The van der Waals surface area contributed by atoms with Crippen LogP contribution in [-0.2, 0) is 21.1 Å². The van der Waals surface area contributed by atoms with Gasteiger partial charge in [0.25, 0.3) is 0 Å². The van der Waals surface area contributed by atoms with Gasteiger partial charge in [-0.25, -0.2) is 8.42 Å². The molecule has 2 rings (SSSR count). The molecule has 0 saturated carbocycles. The number of hydrogen-bond acceptors (Lipinski definition) is 3. The van der Waals surface area contributed by atoms with E-state index in [2.05, 4.69) is 0 Å². The summed E-state index contributed by atoms with van der Waals surface area (Å²) in [6.07, 6.45) is 0.905. The van der Waals surface area contributed by atoms with Gasteiger partial charge in [-0.1, -0.05) is 29.8 Å². The fourth-order valence-electron chi connectivity index (χ4n) is 2.76. The Morgan fingerprint density at radius 2 is 2.15 bits per heavy atom. The molecule has 1 aliphatic rings. The second kappa shape index (κ2) is 5.95. The topological polar surface area (TPSA) is 54.5 Å². The van der Waals surface area contributed by atoms with E-state index in [0.717, 1.165) is 11.1 Å². The first-order valence-electron chi connectivity index (χ1n) is 6.96. The SMILES string of the molecule is CCN(C(=O)Cc1cccc(C)c1)C1CCS(=O)(=O)C1. The zero-order valence-electron chi connectivity index (χ0n) is 12.0. The number of rotatable bonds is 4. The molecule has 1 heterocycles. The van der Waals surface area contributed by atoms with Crippen molar-refractivity contribution in [3.05, 3.63) is 35.4 Å². The third-order valence-electron chi connectivity index (χ3n) is 3.75. The van der Waals surface area contributed by atoms with Crippen LogP contribution in [-0.4, -0.2) is 43.3 Å². The number of benzene rings is 1. The minimum atomic E-state index is -2.96. The summed E-state index contributed by atoms with van der Waals surface area (Å²) in [5.41, 5.74) is 2.11. The molecule has 1 fully saturated rings. The number of carbonyl (C=O) groups excluding carboxylic acids is 1. The molecule has 0 radical (unpaired) electrons. The Labute approximate surface area is 120 Å². The van der Waals surface area contributed by atoms with Crippen LogP contribution < -0.4 is 0 Å². The van der Waals surface area contributed by atoms with Gasteiger partial charge in [0.15, 0.2) is 9.84 Å². The summed E-state index contributed by atoms with van der Waals surface area (Å²) in [6, 6.07) is 7.72. The molecule has 1 aliphatic heterocycles. The van der Waals surface area contributed by atoms with Crippen molar-refractivity contribution in [2.45, 2.75) is 32.7 Å². The molecule has 1 unspecified atom stereocenters. The van der Waals surface area contributed by atoms with E-state index in [1.807, 2.05) is 38.1 Å². The summed E-state index contributed by atoms with van der Waals surface area (Å²) in [6.45, 7) is 4.46. The van der Waals surface area contributed by atoms with Gasteiger partial charge in [0.1, 0.15) is 0 Å². The molecule has 0 aliphatic carbocycles. The van der Waals surface area contributed by atoms with Crippen LogP contribution in [0.25, 0.3) is 0 Å². The number of nitrogens with zero attached hydrogens (tertiary/aromatic N) is 1. The molecular formula is C15H21NO3S. The lowest BCUT2D eigenvalue weighted by molar-refractivity contribution is -0.132. The van der Waals surface area contributed by atoms with Crippen molar-refractivity contribution in [3.63, 3.8) is 0 Å². The quantitative estimate of drug-likeness (QED) is 0.847. The van der Waals surface area contributed by atoms with Gasteiger partial charge < -0.3 is 4.90 Å². The van der Waals surface area contributed by atoms with Crippen molar-refractivity contribution >= 4 is 15.7 Å². The highest BCUT2D eigenvalue weighted by molar-refractivity contribution is 7.91. The molecule has 1 aromatic carbocycles. The third-order valence-corrected chi connectivity index (χ3v) is 5.50. The Morgan fingerprint density at radius 1 is 1.40 bits per heavy atom. The van der Waals surface area contributed by atoms with E-state index in [0.29, 0.717) is 19.4 Å². The number of sulfone groups is 1. The third kappa shape index (κ3) is 3.60. The van der Waals surface area contributed by atoms with Gasteiger partial charge in [-0.05, 0) is 25.8 Å². The molecule has 0 bridgehead atoms. The van der Waals surface area contributed by atoms with E-state index >= 15 is 0 Å². The van der Waals surface area contributed by atoms with Gasteiger partial charge in [-0.3, -0.25) is 4.79 Å².